The Morgan fingerprint density at radius 2 is 1.42 bits per heavy atom. The largest absolute Gasteiger partial charge is 0.442 e. The van der Waals surface area contributed by atoms with Crippen molar-refractivity contribution in [1.29, 1.82) is 0 Å². The van der Waals surface area contributed by atoms with Crippen molar-refractivity contribution in [2.75, 3.05) is 51.5 Å². The first-order valence-corrected chi connectivity index (χ1v) is 9.22. The number of nitrogens with one attached hydrogen (secondary N) is 3. The number of halogens is 1. The van der Waals surface area contributed by atoms with E-state index < -0.39 is 17.6 Å². The Balaban J connectivity index is 3.39. The highest BCUT2D eigenvalue weighted by molar-refractivity contribution is 9.09. The van der Waals surface area contributed by atoms with Crippen LogP contribution in [0.1, 0.15) is 20.8 Å². The van der Waals surface area contributed by atoms with Gasteiger partial charge in [-0.25, -0.2) is 4.79 Å². The predicted molar refractivity (Wildman–Crippen MR) is 96.8 cm³/mol. The van der Waals surface area contributed by atoms with Crippen molar-refractivity contribution < 1.29 is 33.4 Å². The van der Waals surface area contributed by atoms with Crippen molar-refractivity contribution >= 4 is 33.8 Å². The summed E-state index contributed by atoms with van der Waals surface area (Å²) in [4.78, 5) is 38.4. The zero-order valence-corrected chi connectivity index (χ0v) is 17.0. The van der Waals surface area contributed by atoms with E-state index >= 15 is 0 Å². The van der Waals surface area contributed by atoms with Crippen LogP contribution in [0.4, 0.5) is 4.79 Å². The number of ether oxygens (including phenoxy) is 3. The van der Waals surface area contributed by atoms with Gasteiger partial charge in [-0.05, 0) is 20.8 Å². The Bertz CT molecular complexity index is 430. The molecule has 0 aliphatic rings. The maximum atomic E-state index is 11.5. The summed E-state index contributed by atoms with van der Waals surface area (Å²) >= 11 is 3.04. The van der Waals surface area contributed by atoms with E-state index in [2.05, 4.69) is 26.6 Å². The number of rotatable bonds is 13. The van der Waals surface area contributed by atoms with Crippen molar-refractivity contribution in [2.24, 2.45) is 0 Å². The van der Waals surface area contributed by atoms with Gasteiger partial charge in [-0.2, -0.15) is 5.48 Å². The van der Waals surface area contributed by atoms with Gasteiger partial charge in [0, 0.05) is 13.1 Å². The standard InChI is InChI=1S/C15H28BrN3O7/c1-15(2,3)26-14(22)19-25-11-13(21)18-5-7-24-9-8-23-6-4-17-12(20)10-16/h4-11H2,1-3H3,(H,17,20)(H,18,21)(H,19,22). The first-order chi connectivity index (χ1) is 12.2. The van der Waals surface area contributed by atoms with Crippen LogP contribution in [0, 0.1) is 0 Å². The Morgan fingerprint density at radius 3 is 1.92 bits per heavy atom. The molecule has 3 N–H and O–H groups in total. The van der Waals surface area contributed by atoms with Crippen LogP contribution < -0.4 is 16.1 Å². The van der Waals surface area contributed by atoms with Gasteiger partial charge in [0.15, 0.2) is 6.61 Å². The maximum absolute atomic E-state index is 11.5. The van der Waals surface area contributed by atoms with E-state index in [0.717, 1.165) is 0 Å². The van der Waals surface area contributed by atoms with E-state index in [1.54, 1.807) is 20.8 Å². The van der Waals surface area contributed by atoms with Crippen LogP contribution in [0.2, 0.25) is 0 Å². The molecule has 0 fully saturated rings. The molecule has 0 saturated carbocycles. The Kier molecular flexibility index (Phi) is 13.9. The van der Waals surface area contributed by atoms with E-state index in [9.17, 15) is 14.4 Å². The van der Waals surface area contributed by atoms with Gasteiger partial charge in [0.05, 0.1) is 31.8 Å². The molecule has 3 amide bonds. The lowest BCUT2D eigenvalue weighted by molar-refractivity contribution is -0.128. The third-order valence-corrected chi connectivity index (χ3v) is 2.90. The van der Waals surface area contributed by atoms with Crippen LogP contribution in [0.5, 0.6) is 0 Å². The highest BCUT2D eigenvalue weighted by Gasteiger charge is 2.16. The molecular weight excluding hydrogens is 414 g/mol. The predicted octanol–water partition coefficient (Wildman–Crippen LogP) is 0.103. The van der Waals surface area contributed by atoms with Crippen molar-refractivity contribution in [3.8, 4) is 0 Å². The third-order valence-electron chi connectivity index (χ3n) is 2.39. The van der Waals surface area contributed by atoms with Crippen molar-refractivity contribution in [3.05, 3.63) is 0 Å². The molecule has 0 aromatic carbocycles. The summed E-state index contributed by atoms with van der Waals surface area (Å²) in [5, 5.41) is 5.47. The summed E-state index contributed by atoms with van der Waals surface area (Å²) in [6.45, 7) is 7.04. The molecule has 10 nitrogen and oxygen atoms in total. The van der Waals surface area contributed by atoms with Crippen LogP contribution in [0.15, 0.2) is 0 Å². The quantitative estimate of drug-likeness (QED) is 0.210. The number of amides is 3. The summed E-state index contributed by atoms with van der Waals surface area (Å²) in [5.74, 6) is -0.491. The monoisotopic (exact) mass is 441 g/mol. The minimum absolute atomic E-state index is 0.0918. The van der Waals surface area contributed by atoms with Crippen LogP contribution in [0.25, 0.3) is 0 Å². The summed E-state index contributed by atoms with van der Waals surface area (Å²) in [7, 11) is 0. The minimum Gasteiger partial charge on any atom is -0.442 e. The highest BCUT2D eigenvalue weighted by Crippen LogP contribution is 2.06. The lowest BCUT2D eigenvalue weighted by Crippen LogP contribution is -2.37. The molecule has 0 aliphatic carbocycles. The average Bonchev–Trinajstić information content (AvgIpc) is 2.54. The highest BCUT2D eigenvalue weighted by atomic mass is 79.9. The maximum Gasteiger partial charge on any atom is 0.431 e. The molecule has 0 spiro atoms. The molecule has 0 aromatic rings. The first-order valence-electron chi connectivity index (χ1n) is 8.10. The smallest absolute Gasteiger partial charge is 0.431 e. The van der Waals surface area contributed by atoms with E-state index in [1.165, 1.54) is 0 Å². The second-order valence-electron chi connectivity index (χ2n) is 5.95. The normalized spacial score (nSPS) is 10.9. The molecule has 0 atom stereocenters. The Labute approximate surface area is 161 Å². The molecule has 0 rings (SSSR count). The Hall–Kier alpha value is -1.43. The first kappa shape index (κ1) is 24.6. The fourth-order valence-corrected chi connectivity index (χ4v) is 1.60. The molecule has 0 heterocycles. The van der Waals surface area contributed by atoms with Crippen molar-refractivity contribution in [1.82, 2.24) is 16.1 Å². The number of alkyl halides is 1. The van der Waals surface area contributed by atoms with Gasteiger partial charge in [0.1, 0.15) is 5.60 Å². The summed E-state index contributed by atoms with van der Waals surface area (Å²) in [6.07, 6.45) is -0.764. The zero-order chi connectivity index (χ0) is 19.8. The van der Waals surface area contributed by atoms with Crippen LogP contribution in [0.3, 0.4) is 0 Å². The SMILES string of the molecule is CC(C)(C)OC(=O)NOCC(=O)NCCOCCOCCNC(=O)CBr. The van der Waals surface area contributed by atoms with Gasteiger partial charge >= 0.3 is 6.09 Å². The van der Waals surface area contributed by atoms with Gasteiger partial charge < -0.3 is 24.8 Å². The molecule has 11 heteroatoms. The number of carbonyl (C=O) groups is 3. The second kappa shape index (κ2) is 14.7. The number of hydrogen-bond donors (Lipinski definition) is 3. The molecule has 0 aliphatic heterocycles. The average molecular weight is 442 g/mol. The van der Waals surface area contributed by atoms with E-state index in [0.29, 0.717) is 39.5 Å². The van der Waals surface area contributed by atoms with Crippen LogP contribution in [-0.2, 0) is 28.6 Å². The third kappa shape index (κ3) is 17.4. The lowest BCUT2D eigenvalue weighted by atomic mass is 10.2. The topological polar surface area (TPSA) is 124 Å². The zero-order valence-electron chi connectivity index (χ0n) is 15.4. The van der Waals surface area contributed by atoms with Gasteiger partial charge in [0.2, 0.25) is 11.8 Å². The molecule has 152 valence electrons. The number of hydroxylamine groups is 1. The summed E-state index contributed by atoms with van der Waals surface area (Å²) in [5.41, 5.74) is 1.38. The number of carbonyl (C=O) groups excluding carboxylic acids is 3. The van der Waals surface area contributed by atoms with Gasteiger partial charge in [-0.1, -0.05) is 15.9 Å². The fraction of sp³-hybridized carbons (Fsp3) is 0.800. The molecule has 0 radical (unpaired) electrons. The number of hydrogen-bond acceptors (Lipinski definition) is 7. The van der Waals surface area contributed by atoms with Crippen LogP contribution in [-0.4, -0.2) is 75.0 Å². The van der Waals surface area contributed by atoms with Gasteiger partial charge in [-0.3, -0.25) is 14.4 Å². The van der Waals surface area contributed by atoms with Crippen LogP contribution >= 0.6 is 15.9 Å². The molecule has 26 heavy (non-hydrogen) atoms. The second-order valence-corrected chi connectivity index (χ2v) is 6.51. The summed E-state index contributed by atoms with van der Waals surface area (Å²) in [6, 6.07) is 0. The van der Waals surface area contributed by atoms with E-state index in [4.69, 9.17) is 19.0 Å². The molecular formula is C15H28BrN3O7. The molecule has 0 unspecified atom stereocenters. The lowest BCUT2D eigenvalue weighted by Gasteiger charge is -2.19. The van der Waals surface area contributed by atoms with Crippen molar-refractivity contribution in [3.63, 3.8) is 0 Å². The molecule has 0 bridgehead atoms. The fourth-order valence-electron chi connectivity index (χ4n) is 1.40. The van der Waals surface area contributed by atoms with Crippen molar-refractivity contribution in [2.45, 2.75) is 26.4 Å². The molecule has 0 aromatic heterocycles. The Morgan fingerprint density at radius 1 is 0.885 bits per heavy atom. The molecule has 0 saturated heterocycles. The van der Waals surface area contributed by atoms with Gasteiger partial charge in [-0.15, -0.1) is 0 Å². The van der Waals surface area contributed by atoms with E-state index in [-0.39, 0.29) is 17.8 Å². The summed E-state index contributed by atoms with van der Waals surface area (Å²) < 4.78 is 15.5. The van der Waals surface area contributed by atoms with Gasteiger partial charge in [0.25, 0.3) is 0 Å². The minimum atomic E-state index is -0.764. The van der Waals surface area contributed by atoms with E-state index in [1.807, 2.05) is 5.48 Å².